The first-order valence-electron chi connectivity index (χ1n) is 6.70. The molecule has 0 aliphatic carbocycles. The van der Waals surface area contributed by atoms with Crippen molar-refractivity contribution in [3.05, 3.63) is 47.3 Å². The summed E-state index contributed by atoms with van der Waals surface area (Å²) in [6.45, 7) is 5.67. The number of rotatable bonds is 5. The summed E-state index contributed by atoms with van der Waals surface area (Å²) in [5, 5.41) is 12.1. The van der Waals surface area contributed by atoms with Gasteiger partial charge in [0.05, 0.1) is 17.9 Å². The largest absolute Gasteiger partial charge is 0.384 e. The third-order valence-electron chi connectivity index (χ3n) is 3.29. The van der Waals surface area contributed by atoms with E-state index in [1.165, 1.54) is 0 Å². The molecule has 1 aromatic heterocycles. The van der Waals surface area contributed by atoms with Crippen LogP contribution in [0.15, 0.2) is 30.3 Å². The van der Waals surface area contributed by atoms with Crippen LogP contribution in [0.3, 0.4) is 0 Å². The molecule has 5 nitrogen and oxygen atoms in total. The molecule has 20 heavy (non-hydrogen) atoms. The lowest BCUT2D eigenvalue weighted by atomic mass is 10.1. The summed E-state index contributed by atoms with van der Waals surface area (Å²) in [6.07, 6.45) is 0. The molecule has 1 heterocycles. The van der Waals surface area contributed by atoms with Crippen molar-refractivity contribution in [1.82, 2.24) is 9.78 Å². The molecule has 0 aliphatic heterocycles. The van der Waals surface area contributed by atoms with Gasteiger partial charge in [0.25, 0.3) is 0 Å². The van der Waals surface area contributed by atoms with Crippen LogP contribution >= 0.6 is 0 Å². The smallest absolute Gasteiger partial charge is 0.124 e. The number of amidine groups is 1. The minimum atomic E-state index is 0.0904. The van der Waals surface area contributed by atoms with Crippen LogP contribution in [0.2, 0.25) is 0 Å². The second-order valence-corrected chi connectivity index (χ2v) is 4.88. The number of hydrogen-bond acceptors (Lipinski definition) is 3. The van der Waals surface area contributed by atoms with Crippen molar-refractivity contribution in [1.29, 1.82) is 5.41 Å². The number of nitrogens with zero attached hydrogens (tertiary/aromatic N) is 3. The second-order valence-electron chi connectivity index (χ2n) is 4.88. The molecule has 0 saturated carbocycles. The Bertz CT molecular complexity index is 614. The van der Waals surface area contributed by atoms with Crippen molar-refractivity contribution >= 4 is 11.5 Å². The Hall–Kier alpha value is -2.30. The van der Waals surface area contributed by atoms with Crippen molar-refractivity contribution in [3.8, 4) is 0 Å². The molecular formula is C15H21N5. The van der Waals surface area contributed by atoms with E-state index in [-0.39, 0.29) is 5.84 Å². The molecule has 0 bridgehead atoms. The third kappa shape index (κ3) is 2.82. The fourth-order valence-electron chi connectivity index (χ4n) is 2.36. The summed E-state index contributed by atoms with van der Waals surface area (Å²) in [7, 11) is 2.00. The lowest BCUT2D eigenvalue weighted by molar-refractivity contribution is 0.613. The van der Waals surface area contributed by atoms with E-state index >= 15 is 0 Å². The minimum absolute atomic E-state index is 0.0904. The lowest BCUT2D eigenvalue weighted by Crippen LogP contribution is -2.23. The van der Waals surface area contributed by atoms with Crippen LogP contribution in [0.4, 0.5) is 5.69 Å². The molecule has 5 heteroatoms. The molecule has 0 spiro atoms. The first-order valence-corrected chi connectivity index (χ1v) is 6.70. The molecule has 3 N–H and O–H groups in total. The topological polar surface area (TPSA) is 70.9 Å². The highest BCUT2D eigenvalue weighted by molar-refractivity contribution is 6.00. The summed E-state index contributed by atoms with van der Waals surface area (Å²) < 4.78 is 2.00. The first kappa shape index (κ1) is 14.1. The first-order chi connectivity index (χ1) is 9.52. The number of benzene rings is 1. The molecule has 0 aliphatic rings. The number of hydrogen-bond donors (Lipinski definition) is 2. The van der Waals surface area contributed by atoms with Gasteiger partial charge in [-0.3, -0.25) is 10.1 Å². The number of para-hydroxylation sites is 1. The van der Waals surface area contributed by atoms with Gasteiger partial charge >= 0.3 is 0 Å². The quantitative estimate of drug-likeness (QED) is 0.646. The van der Waals surface area contributed by atoms with Gasteiger partial charge in [0.15, 0.2) is 0 Å². The molecule has 0 atom stereocenters. The maximum absolute atomic E-state index is 7.67. The Morgan fingerprint density at radius 2 is 2.10 bits per heavy atom. The van der Waals surface area contributed by atoms with E-state index in [2.05, 4.69) is 23.0 Å². The van der Waals surface area contributed by atoms with E-state index < -0.39 is 0 Å². The van der Waals surface area contributed by atoms with Gasteiger partial charge in [-0.05, 0) is 32.0 Å². The minimum Gasteiger partial charge on any atom is -0.384 e. The van der Waals surface area contributed by atoms with Gasteiger partial charge in [-0.15, -0.1) is 0 Å². The predicted octanol–water partition coefficient (Wildman–Crippen LogP) is 2.13. The number of aromatic nitrogens is 2. The number of nitrogen functional groups attached to an aromatic ring is 1. The number of anilines is 1. The highest BCUT2D eigenvalue weighted by Gasteiger charge is 2.12. The molecule has 0 amide bonds. The van der Waals surface area contributed by atoms with Gasteiger partial charge in [-0.1, -0.05) is 12.1 Å². The number of aryl methyl sites for hydroxylation is 2. The zero-order valence-electron chi connectivity index (χ0n) is 12.2. The van der Waals surface area contributed by atoms with Crippen LogP contribution in [0, 0.1) is 12.3 Å². The highest BCUT2D eigenvalue weighted by Crippen LogP contribution is 2.20. The molecule has 0 radical (unpaired) electrons. The average molecular weight is 271 g/mol. The predicted molar refractivity (Wildman–Crippen MR) is 82.2 cm³/mol. The Labute approximate surface area is 119 Å². The van der Waals surface area contributed by atoms with E-state index in [1.807, 2.05) is 42.9 Å². The summed E-state index contributed by atoms with van der Waals surface area (Å²) in [6, 6.07) is 9.80. The fraction of sp³-hybridized carbons (Fsp3) is 0.333. The van der Waals surface area contributed by atoms with E-state index in [0.29, 0.717) is 0 Å². The third-order valence-corrected chi connectivity index (χ3v) is 3.29. The van der Waals surface area contributed by atoms with Crippen LogP contribution in [-0.2, 0) is 13.1 Å². The number of nitrogens with two attached hydrogens (primary N) is 1. The maximum Gasteiger partial charge on any atom is 0.124 e. The maximum atomic E-state index is 7.67. The summed E-state index contributed by atoms with van der Waals surface area (Å²) in [4.78, 5) is 2.10. The summed E-state index contributed by atoms with van der Waals surface area (Å²) >= 11 is 0. The Morgan fingerprint density at radius 1 is 1.40 bits per heavy atom. The van der Waals surface area contributed by atoms with E-state index in [9.17, 15) is 0 Å². The van der Waals surface area contributed by atoms with Gasteiger partial charge in [0.1, 0.15) is 5.84 Å². The van der Waals surface area contributed by atoms with Crippen LogP contribution < -0.4 is 10.6 Å². The molecule has 2 aromatic rings. The molecule has 2 rings (SSSR count). The zero-order valence-corrected chi connectivity index (χ0v) is 12.2. The molecule has 0 unspecified atom stereocenters. The standard InChI is InChI=1S/C15H21N5/c1-4-20-12(9-11(2)18-20)10-19(3)14-8-6-5-7-13(14)15(16)17/h5-9H,4,10H2,1-3H3,(H3,16,17). The normalized spacial score (nSPS) is 10.6. The van der Waals surface area contributed by atoms with E-state index in [4.69, 9.17) is 11.1 Å². The van der Waals surface area contributed by atoms with Gasteiger partial charge in [0.2, 0.25) is 0 Å². The van der Waals surface area contributed by atoms with Gasteiger partial charge in [-0.2, -0.15) is 5.10 Å². The Kier molecular flexibility index (Phi) is 4.08. The van der Waals surface area contributed by atoms with Crippen molar-refractivity contribution in [2.45, 2.75) is 26.9 Å². The average Bonchev–Trinajstić information content (AvgIpc) is 2.78. The molecule has 1 aromatic carbocycles. The van der Waals surface area contributed by atoms with Gasteiger partial charge < -0.3 is 10.6 Å². The number of nitrogens with one attached hydrogen (secondary N) is 1. The van der Waals surface area contributed by atoms with Crippen molar-refractivity contribution in [2.24, 2.45) is 5.73 Å². The van der Waals surface area contributed by atoms with Gasteiger partial charge in [0, 0.05) is 24.8 Å². The summed E-state index contributed by atoms with van der Waals surface area (Å²) in [5.74, 6) is 0.0904. The van der Waals surface area contributed by atoms with Crippen LogP contribution in [0.1, 0.15) is 23.9 Å². The Balaban J connectivity index is 2.28. The van der Waals surface area contributed by atoms with Crippen molar-refractivity contribution in [2.75, 3.05) is 11.9 Å². The summed E-state index contributed by atoms with van der Waals surface area (Å²) in [5.41, 5.74) is 9.54. The molecule has 106 valence electrons. The van der Waals surface area contributed by atoms with E-state index in [1.54, 1.807) is 0 Å². The van der Waals surface area contributed by atoms with Crippen LogP contribution in [-0.4, -0.2) is 22.7 Å². The zero-order chi connectivity index (χ0) is 14.7. The highest BCUT2D eigenvalue weighted by atomic mass is 15.3. The van der Waals surface area contributed by atoms with E-state index in [0.717, 1.165) is 35.7 Å². The molecule has 0 saturated heterocycles. The van der Waals surface area contributed by atoms with Gasteiger partial charge in [-0.25, -0.2) is 0 Å². The van der Waals surface area contributed by atoms with Crippen LogP contribution in [0.5, 0.6) is 0 Å². The monoisotopic (exact) mass is 271 g/mol. The Morgan fingerprint density at radius 3 is 2.75 bits per heavy atom. The van der Waals surface area contributed by atoms with Crippen LogP contribution in [0.25, 0.3) is 0 Å². The van der Waals surface area contributed by atoms with Crippen molar-refractivity contribution < 1.29 is 0 Å². The fourth-order valence-corrected chi connectivity index (χ4v) is 2.36. The SMILES string of the molecule is CCn1nc(C)cc1CN(C)c1ccccc1C(=N)N. The lowest BCUT2D eigenvalue weighted by Gasteiger charge is -2.22. The molecule has 0 fully saturated rings. The molecular weight excluding hydrogens is 250 g/mol. The second kappa shape index (κ2) is 5.77. The van der Waals surface area contributed by atoms with Crippen molar-refractivity contribution in [3.63, 3.8) is 0 Å².